The predicted molar refractivity (Wildman–Crippen MR) is 71.5 cm³/mol. The van der Waals surface area contributed by atoms with Gasteiger partial charge in [-0.05, 0) is 34.2 Å². The summed E-state index contributed by atoms with van der Waals surface area (Å²) in [6, 6.07) is 5.16. The van der Waals surface area contributed by atoms with Crippen LogP contribution in [0.3, 0.4) is 0 Å². The van der Waals surface area contributed by atoms with E-state index in [9.17, 15) is 4.79 Å². The Morgan fingerprint density at radius 3 is 2.95 bits per heavy atom. The molecule has 6 nitrogen and oxygen atoms in total. The zero-order valence-electron chi connectivity index (χ0n) is 9.45. The van der Waals surface area contributed by atoms with Gasteiger partial charge in [-0.1, -0.05) is 35.0 Å². The highest BCUT2D eigenvalue weighted by atomic mass is 35.5. The molecule has 1 aromatic carbocycles. The van der Waals surface area contributed by atoms with E-state index in [-0.39, 0.29) is 6.54 Å². The topological polar surface area (TPSA) is 80.9 Å². The first-order chi connectivity index (χ1) is 9.06. The van der Waals surface area contributed by atoms with Crippen LogP contribution in [-0.2, 0) is 17.1 Å². The van der Waals surface area contributed by atoms with Crippen molar-refractivity contribution in [2.75, 3.05) is 0 Å². The number of hydrogen-bond acceptors (Lipinski definition) is 5. The lowest BCUT2D eigenvalue weighted by atomic mass is 10.2. The fourth-order valence-electron chi connectivity index (χ4n) is 1.32. The number of carboxylic acids is 1. The average molecular weight is 319 g/mol. The lowest BCUT2D eigenvalue weighted by molar-refractivity contribution is -0.138. The van der Waals surface area contributed by atoms with E-state index in [4.69, 9.17) is 28.3 Å². The van der Waals surface area contributed by atoms with Crippen molar-refractivity contribution in [3.63, 3.8) is 0 Å². The Kier molecular flexibility index (Phi) is 4.62. The molecule has 0 amide bonds. The summed E-state index contributed by atoms with van der Waals surface area (Å²) >= 11 is 13.2. The van der Waals surface area contributed by atoms with Gasteiger partial charge < -0.3 is 5.11 Å². The van der Waals surface area contributed by atoms with E-state index < -0.39 is 5.97 Å². The number of benzene rings is 1. The maximum atomic E-state index is 10.6. The van der Waals surface area contributed by atoms with Crippen molar-refractivity contribution in [2.24, 2.45) is 0 Å². The molecule has 19 heavy (non-hydrogen) atoms. The Morgan fingerprint density at radius 1 is 1.42 bits per heavy atom. The molecule has 1 N–H and O–H groups in total. The maximum Gasteiger partial charge on any atom is 0.325 e. The van der Waals surface area contributed by atoms with Crippen LogP contribution in [0.4, 0.5) is 0 Å². The number of hydrogen-bond donors (Lipinski definition) is 1. The number of tetrazole rings is 1. The van der Waals surface area contributed by atoms with Crippen molar-refractivity contribution in [2.45, 2.75) is 17.5 Å². The minimum Gasteiger partial charge on any atom is -0.480 e. The summed E-state index contributed by atoms with van der Waals surface area (Å²) in [5.41, 5.74) is 0.837. The van der Waals surface area contributed by atoms with Gasteiger partial charge in [0, 0.05) is 15.8 Å². The molecule has 1 heterocycles. The Morgan fingerprint density at radius 2 is 2.21 bits per heavy atom. The van der Waals surface area contributed by atoms with Gasteiger partial charge >= 0.3 is 5.97 Å². The van der Waals surface area contributed by atoms with Gasteiger partial charge in [-0.15, -0.1) is 5.10 Å². The molecule has 0 bridgehead atoms. The normalized spacial score (nSPS) is 10.6. The predicted octanol–water partition coefficient (Wildman–Crippen LogP) is 2.36. The first kappa shape index (κ1) is 14.1. The van der Waals surface area contributed by atoms with Crippen LogP contribution in [0, 0.1) is 0 Å². The number of rotatable bonds is 5. The molecule has 0 aliphatic rings. The highest BCUT2D eigenvalue weighted by molar-refractivity contribution is 7.98. The Labute approximate surface area is 122 Å². The number of aromatic nitrogens is 4. The molecule has 0 saturated carbocycles. The van der Waals surface area contributed by atoms with Crippen LogP contribution in [0.15, 0.2) is 23.4 Å². The Balaban J connectivity index is 2.08. The zero-order valence-corrected chi connectivity index (χ0v) is 11.8. The average Bonchev–Trinajstić information content (AvgIpc) is 2.77. The van der Waals surface area contributed by atoms with Gasteiger partial charge in [0.2, 0.25) is 5.16 Å². The molecule has 0 atom stereocenters. The van der Waals surface area contributed by atoms with E-state index in [1.54, 1.807) is 18.2 Å². The Bertz CT molecular complexity index is 605. The Hall–Kier alpha value is -1.31. The van der Waals surface area contributed by atoms with Crippen LogP contribution in [-0.4, -0.2) is 31.3 Å². The van der Waals surface area contributed by atoms with E-state index in [0.29, 0.717) is 21.0 Å². The zero-order chi connectivity index (χ0) is 13.8. The van der Waals surface area contributed by atoms with Crippen LogP contribution < -0.4 is 0 Å². The first-order valence-corrected chi connectivity index (χ1v) is 6.85. The SMILES string of the molecule is O=C(O)Cn1nnnc1SCc1cc(Cl)ccc1Cl. The summed E-state index contributed by atoms with van der Waals surface area (Å²) in [7, 11) is 0. The van der Waals surface area contributed by atoms with Gasteiger partial charge in [0.15, 0.2) is 0 Å². The monoisotopic (exact) mass is 318 g/mol. The van der Waals surface area contributed by atoms with E-state index in [1.807, 2.05) is 0 Å². The molecule has 100 valence electrons. The van der Waals surface area contributed by atoms with Crippen LogP contribution in [0.25, 0.3) is 0 Å². The molecule has 0 spiro atoms. The largest absolute Gasteiger partial charge is 0.480 e. The van der Waals surface area contributed by atoms with Crippen LogP contribution in [0.5, 0.6) is 0 Å². The van der Waals surface area contributed by atoms with Crippen molar-refractivity contribution in [1.82, 2.24) is 20.2 Å². The lowest BCUT2D eigenvalue weighted by Gasteiger charge is -2.04. The van der Waals surface area contributed by atoms with E-state index in [2.05, 4.69) is 15.5 Å². The van der Waals surface area contributed by atoms with Gasteiger partial charge in [-0.25, -0.2) is 4.68 Å². The van der Waals surface area contributed by atoms with Crippen molar-refractivity contribution in [3.05, 3.63) is 33.8 Å². The summed E-state index contributed by atoms with van der Waals surface area (Å²) in [5, 5.41) is 21.1. The van der Waals surface area contributed by atoms with Crippen LogP contribution in [0.2, 0.25) is 10.0 Å². The number of thioether (sulfide) groups is 1. The summed E-state index contributed by atoms with van der Waals surface area (Å²) in [5.74, 6) is -0.505. The third-order valence-electron chi connectivity index (χ3n) is 2.15. The minimum absolute atomic E-state index is 0.279. The standard InChI is InChI=1S/C10H8Cl2N4O2S/c11-7-1-2-8(12)6(3-7)5-19-10-13-14-15-16(10)4-9(17)18/h1-3H,4-5H2,(H,17,18). The van der Waals surface area contributed by atoms with E-state index >= 15 is 0 Å². The van der Waals surface area contributed by atoms with Gasteiger partial charge in [0.1, 0.15) is 6.54 Å². The molecule has 9 heteroatoms. The second kappa shape index (κ2) is 6.23. The molecule has 0 unspecified atom stereocenters. The molecule has 0 aliphatic heterocycles. The third-order valence-corrected chi connectivity index (χ3v) is 3.76. The molecular weight excluding hydrogens is 311 g/mol. The van der Waals surface area contributed by atoms with Crippen LogP contribution in [0.1, 0.15) is 5.56 Å². The summed E-state index contributed by atoms with van der Waals surface area (Å²) in [6.07, 6.45) is 0. The second-order valence-corrected chi connectivity index (χ2v) is 5.32. The molecule has 0 fully saturated rings. The summed E-state index contributed by atoms with van der Waals surface area (Å²) in [6.45, 7) is -0.279. The van der Waals surface area contributed by atoms with Gasteiger partial charge in [0.05, 0.1) is 0 Å². The van der Waals surface area contributed by atoms with Crippen molar-refractivity contribution < 1.29 is 9.90 Å². The number of carbonyl (C=O) groups is 1. The van der Waals surface area contributed by atoms with Crippen molar-refractivity contribution in [3.8, 4) is 0 Å². The van der Waals surface area contributed by atoms with Crippen LogP contribution >= 0.6 is 35.0 Å². The molecule has 1 aromatic heterocycles. The highest BCUT2D eigenvalue weighted by Gasteiger charge is 2.11. The molecule has 0 radical (unpaired) electrons. The van der Waals surface area contributed by atoms with E-state index in [0.717, 1.165) is 5.56 Å². The molecule has 0 aliphatic carbocycles. The quantitative estimate of drug-likeness (QED) is 0.852. The highest BCUT2D eigenvalue weighted by Crippen LogP contribution is 2.27. The van der Waals surface area contributed by atoms with Crippen molar-refractivity contribution in [1.29, 1.82) is 0 Å². The van der Waals surface area contributed by atoms with Gasteiger partial charge in [0.25, 0.3) is 0 Å². The van der Waals surface area contributed by atoms with Gasteiger partial charge in [-0.2, -0.15) is 0 Å². The lowest BCUT2D eigenvalue weighted by Crippen LogP contribution is -2.11. The summed E-state index contributed by atoms with van der Waals surface area (Å²) in [4.78, 5) is 10.6. The number of nitrogens with zero attached hydrogens (tertiary/aromatic N) is 4. The number of aliphatic carboxylic acids is 1. The smallest absolute Gasteiger partial charge is 0.325 e. The fourth-order valence-corrected chi connectivity index (χ4v) is 2.65. The van der Waals surface area contributed by atoms with Gasteiger partial charge in [-0.3, -0.25) is 4.79 Å². The fraction of sp³-hybridized carbons (Fsp3) is 0.200. The first-order valence-electron chi connectivity index (χ1n) is 5.11. The van der Waals surface area contributed by atoms with Crippen molar-refractivity contribution >= 4 is 40.9 Å². The molecule has 2 aromatic rings. The number of halogens is 2. The van der Waals surface area contributed by atoms with E-state index in [1.165, 1.54) is 16.4 Å². The summed E-state index contributed by atoms with van der Waals surface area (Å²) < 4.78 is 1.21. The molecule has 0 saturated heterocycles. The third kappa shape index (κ3) is 3.82. The molecular formula is C10H8Cl2N4O2S. The second-order valence-electron chi connectivity index (χ2n) is 3.54. The molecule has 2 rings (SSSR count). The maximum absolute atomic E-state index is 10.6. The minimum atomic E-state index is -1.00. The number of carboxylic acid groups (broad SMARTS) is 1.